The quantitative estimate of drug-likeness (QED) is 0.546. The Morgan fingerprint density at radius 3 is 2.90 bits per heavy atom. The van der Waals surface area contributed by atoms with Gasteiger partial charge in [-0.15, -0.1) is 0 Å². The molecule has 5 rings (SSSR count). The predicted octanol–water partition coefficient (Wildman–Crippen LogP) is 3.98. The molecule has 1 aliphatic rings. The number of aromatic nitrogens is 3. The van der Waals surface area contributed by atoms with Crippen LogP contribution in [0.4, 0.5) is 0 Å². The number of carbonyl (C=O) groups is 1. The second-order valence-corrected chi connectivity index (χ2v) is 8.21. The number of H-pyrrole nitrogens is 1. The summed E-state index contributed by atoms with van der Waals surface area (Å²) in [4.78, 5) is 28.1. The number of imidazole rings is 1. The maximum absolute atomic E-state index is 13.1. The van der Waals surface area contributed by atoms with Crippen molar-refractivity contribution < 1.29 is 4.79 Å². The molecule has 2 aromatic carbocycles. The number of fused-ring (bicyclic) bond motifs is 2. The van der Waals surface area contributed by atoms with Crippen LogP contribution in [0.3, 0.4) is 0 Å². The van der Waals surface area contributed by atoms with Crippen molar-refractivity contribution in [1.29, 1.82) is 0 Å². The molecule has 0 radical (unpaired) electrons. The van der Waals surface area contributed by atoms with Crippen molar-refractivity contribution in [3.8, 4) is 0 Å². The third kappa shape index (κ3) is 3.44. The summed E-state index contributed by atoms with van der Waals surface area (Å²) in [5, 5.41) is 4.17. The molecule has 0 unspecified atom stereocenters. The second-order valence-electron chi connectivity index (χ2n) is 8.21. The number of hydrogen-bond acceptors (Lipinski definition) is 4. The molecule has 3 heterocycles. The summed E-state index contributed by atoms with van der Waals surface area (Å²) in [6, 6.07) is 16.2. The van der Waals surface area contributed by atoms with Gasteiger partial charge in [0.2, 0.25) is 0 Å². The lowest BCUT2D eigenvalue weighted by Gasteiger charge is -2.36. The van der Waals surface area contributed by atoms with Crippen LogP contribution in [0.5, 0.6) is 0 Å². The number of pyridine rings is 1. The van der Waals surface area contributed by atoms with Crippen molar-refractivity contribution in [3.05, 3.63) is 71.7 Å². The van der Waals surface area contributed by atoms with E-state index < -0.39 is 0 Å². The van der Waals surface area contributed by atoms with Crippen LogP contribution in [0.2, 0.25) is 0 Å². The molecule has 1 fully saturated rings. The van der Waals surface area contributed by atoms with Crippen molar-refractivity contribution in [2.75, 3.05) is 13.6 Å². The summed E-state index contributed by atoms with van der Waals surface area (Å²) in [6.45, 7) is 2.94. The smallest absolute Gasteiger partial charge is 0.252 e. The van der Waals surface area contributed by atoms with Gasteiger partial charge in [-0.2, -0.15) is 0 Å². The van der Waals surface area contributed by atoms with Crippen LogP contribution in [0.1, 0.15) is 40.6 Å². The van der Waals surface area contributed by atoms with Gasteiger partial charge in [0.25, 0.3) is 5.91 Å². The molecule has 1 saturated heterocycles. The fraction of sp³-hybridized carbons (Fsp3) is 0.292. The van der Waals surface area contributed by atoms with Crippen molar-refractivity contribution >= 4 is 27.8 Å². The normalized spacial score (nSPS) is 19.9. The molecule has 2 atom stereocenters. The maximum Gasteiger partial charge on any atom is 0.252 e. The molecule has 6 heteroatoms. The SMILES string of the molecule is Cc1ccc2nccc(C(=O)N[C@@H]3CCN(C)[C@@H](c4nc5ccccc5[nH]4)C3)c2c1. The van der Waals surface area contributed by atoms with Crippen LogP contribution in [-0.4, -0.2) is 45.4 Å². The Morgan fingerprint density at radius 1 is 1.17 bits per heavy atom. The number of nitrogens with zero attached hydrogens (tertiary/aromatic N) is 3. The molecule has 1 amide bonds. The van der Waals surface area contributed by atoms with Gasteiger partial charge >= 0.3 is 0 Å². The van der Waals surface area contributed by atoms with E-state index in [2.05, 4.69) is 27.2 Å². The Kier molecular flexibility index (Phi) is 4.71. The van der Waals surface area contributed by atoms with Gasteiger partial charge in [-0.25, -0.2) is 4.98 Å². The van der Waals surface area contributed by atoms with E-state index in [0.717, 1.165) is 52.7 Å². The minimum atomic E-state index is -0.0362. The summed E-state index contributed by atoms with van der Waals surface area (Å²) in [5.74, 6) is 0.925. The number of para-hydroxylation sites is 2. The van der Waals surface area contributed by atoms with Crippen LogP contribution >= 0.6 is 0 Å². The van der Waals surface area contributed by atoms with Crippen LogP contribution in [0, 0.1) is 6.92 Å². The molecule has 1 aliphatic heterocycles. The van der Waals surface area contributed by atoms with Gasteiger partial charge in [0, 0.05) is 24.2 Å². The summed E-state index contributed by atoms with van der Waals surface area (Å²) in [6.07, 6.45) is 3.45. The van der Waals surface area contributed by atoms with Crippen molar-refractivity contribution in [2.45, 2.75) is 31.8 Å². The van der Waals surface area contributed by atoms with E-state index in [1.165, 1.54) is 0 Å². The number of benzene rings is 2. The van der Waals surface area contributed by atoms with Gasteiger partial charge in [0.1, 0.15) is 5.82 Å². The molecule has 0 saturated carbocycles. The Bertz CT molecular complexity index is 1200. The van der Waals surface area contributed by atoms with E-state index >= 15 is 0 Å². The van der Waals surface area contributed by atoms with Crippen LogP contribution in [0.25, 0.3) is 21.9 Å². The first-order valence-corrected chi connectivity index (χ1v) is 10.4. The molecule has 0 bridgehead atoms. The van der Waals surface area contributed by atoms with E-state index in [9.17, 15) is 4.79 Å². The van der Waals surface area contributed by atoms with Crippen LogP contribution in [0.15, 0.2) is 54.7 Å². The first-order valence-electron chi connectivity index (χ1n) is 10.4. The number of aryl methyl sites for hydroxylation is 1. The van der Waals surface area contributed by atoms with Crippen molar-refractivity contribution in [3.63, 3.8) is 0 Å². The number of aromatic amines is 1. The summed E-state index contributed by atoms with van der Waals surface area (Å²) >= 11 is 0. The van der Waals surface area contributed by atoms with Gasteiger partial charge in [-0.3, -0.25) is 14.7 Å². The first kappa shape index (κ1) is 18.8. The van der Waals surface area contributed by atoms with Gasteiger partial charge in [0.15, 0.2) is 0 Å². The lowest BCUT2D eigenvalue weighted by molar-refractivity contribution is 0.0886. The number of piperidine rings is 1. The molecular formula is C24H25N5O. The third-order valence-electron chi connectivity index (χ3n) is 6.07. The predicted molar refractivity (Wildman–Crippen MR) is 118 cm³/mol. The number of hydrogen-bond donors (Lipinski definition) is 2. The summed E-state index contributed by atoms with van der Waals surface area (Å²) in [5.41, 5.74) is 4.67. The fourth-order valence-electron chi connectivity index (χ4n) is 4.39. The zero-order chi connectivity index (χ0) is 20.7. The molecule has 0 aliphatic carbocycles. The van der Waals surface area contributed by atoms with E-state index in [1.807, 2.05) is 55.5 Å². The monoisotopic (exact) mass is 399 g/mol. The third-order valence-corrected chi connectivity index (χ3v) is 6.07. The maximum atomic E-state index is 13.1. The highest BCUT2D eigenvalue weighted by molar-refractivity contribution is 6.06. The molecule has 2 aromatic heterocycles. The molecule has 2 N–H and O–H groups in total. The number of likely N-dealkylation sites (tertiary alicyclic amines) is 1. The standard InChI is InChI=1S/C24H25N5O/c1-15-7-8-19-18(13-15)17(9-11-25-19)24(30)26-16-10-12-29(2)22(14-16)23-27-20-5-3-4-6-21(20)28-23/h3-9,11,13,16,22H,10,12,14H2,1-2H3,(H,26,30)(H,27,28)/t16-,22-/m1/s1. The van der Waals surface area contributed by atoms with Gasteiger partial charge in [0.05, 0.1) is 28.2 Å². The first-order chi connectivity index (χ1) is 14.6. The number of amides is 1. The second kappa shape index (κ2) is 7.54. The highest BCUT2D eigenvalue weighted by Gasteiger charge is 2.30. The Balaban J connectivity index is 1.37. The molecule has 4 aromatic rings. The Hall–Kier alpha value is -3.25. The molecule has 152 valence electrons. The summed E-state index contributed by atoms with van der Waals surface area (Å²) < 4.78 is 0. The minimum Gasteiger partial charge on any atom is -0.349 e. The average molecular weight is 399 g/mol. The lowest BCUT2D eigenvalue weighted by atomic mass is 9.96. The average Bonchev–Trinajstić information content (AvgIpc) is 3.18. The zero-order valence-corrected chi connectivity index (χ0v) is 17.2. The van der Waals surface area contributed by atoms with E-state index in [-0.39, 0.29) is 18.0 Å². The van der Waals surface area contributed by atoms with Crippen molar-refractivity contribution in [1.82, 2.24) is 25.2 Å². The highest BCUT2D eigenvalue weighted by Crippen LogP contribution is 2.30. The van der Waals surface area contributed by atoms with Crippen LogP contribution < -0.4 is 5.32 Å². The lowest BCUT2D eigenvalue weighted by Crippen LogP contribution is -2.45. The number of carbonyl (C=O) groups excluding carboxylic acids is 1. The van der Waals surface area contributed by atoms with Gasteiger partial charge in [-0.05, 0) is 57.1 Å². The molecular weight excluding hydrogens is 374 g/mol. The Labute approximate surface area is 175 Å². The van der Waals surface area contributed by atoms with E-state index in [4.69, 9.17) is 4.98 Å². The number of rotatable bonds is 3. The fourth-order valence-corrected chi connectivity index (χ4v) is 4.39. The summed E-state index contributed by atoms with van der Waals surface area (Å²) in [7, 11) is 2.12. The largest absolute Gasteiger partial charge is 0.349 e. The van der Waals surface area contributed by atoms with Gasteiger partial charge < -0.3 is 10.3 Å². The highest BCUT2D eigenvalue weighted by atomic mass is 16.1. The molecule has 6 nitrogen and oxygen atoms in total. The number of nitrogens with one attached hydrogen (secondary N) is 2. The zero-order valence-electron chi connectivity index (χ0n) is 17.2. The minimum absolute atomic E-state index is 0.0362. The van der Waals surface area contributed by atoms with E-state index in [1.54, 1.807) is 6.20 Å². The van der Waals surface area contributed by atoms with Crippen molar-refractivity contribution in [2.24, 2.45) is 0 Å². The molecule has 0 spiro atoms. The van der Waals surface area contributed by atoms with Gasteiger partial charge in [-0.1, -0.05) is 23.8 Å². The molecule has 30 heavy (non-hydrogen) atoms. The topological polar surface area (TPSA) is 73.9 Å². The van der Waals surface area contributed by atoms with Crippen LogP contribution in [-0.2, 0) is 0 Å². The van der Waals surface area contributed by atoms with E-state index in [0.29, 0.717) is 5.56 Å². The Morgan fingerprint density at radius 2 is 2.03 bits per heavy atom.